The second-order valence-electron chi connectivity index (χ2n) is 4.94. The maximum atomic E-state index is 10.8. The summed E-state index contributed by atoms with van der Waals surface area (Å²) in [6.45, 7) is 1.29. The lowest BCUT2D eigenvalue weighted by Crippen LogP contribution is -2.18. The number of anilines is 1. The van der Waals surface area contributed by atoms with Gasteiger partial charge in [0.25, 0.3) is 5.69 Å². The monoisotopic (exact) mass is 349 g/mol. The predicted molar refractivity (Wildman–Crippen MR) is 86.8 cm³/mol. The first-order valence-electron chi connectivity index (χ1n) is 6.41. The smallest absolute Gasteiger partial charge is 0.269 e. The van der Waals surface area contributed by atoms with E-state index in [0.717, 1.165) is 22.1 Å². The lowest BCUT2D eigenvalue weighted by atomic mass is 10.1. The molecule has 0 saturated carbocycles. The number of nitrogen functional groups attached to an aromatic ring is 1. The summed E-state index contributed by atoms with van der Waals surface area (Å²) < 4.78 is 1.03. The Kier molecular flexibility index (Phi) is 4.93. The van der Waals surface area contributed by atoms with Gasteiger partial charge in [-0.05, 0) is 36.4 Å². The van der Waals surface area contributed by atoms with Crippen molar-refractivity contribution in [3.8, 4) is 0 Å². The highest BCUT2D eigenvalue weighted by Crippen LogP contribution is 2.21. The topological polar surface area (TPSA) is 72.4 Å². The van der Waals surface area contributed by atoms with Crippen molar-refractivity contribution in [1.82, 2.24) is 4.90 Å². The molecule has 0 atom stereocenters. The van der Waals surface area contributed by atoms with Crippen LogP contribution in [-0.2, 0) is 13.1 Å². The zero-order valence-electron chi connectivity index (χ0n) is 11.6. The van der Waals surface area contributed by atoms with Crippen LogP contribution in [0.2, 0.25) is 0 Å². The molecule has 6 heteroatoms. The van der Waals surface area contributed by atoms with E-state index in [2.05, 4.69) is 20.8 Å². The summed E-state index contributed by atoms with van der Waals surface area (Å²) in [6, 6.07) is 12.6. The molecule has 0 saturated heterocycles. The molecule has 0 aromatic heterocycles. The fourth-order valence-corrected chi connectivity index (χ4v) is 2.58. The molecule has 0 unspecified atom stereocenters. The molecule has 2 rings (SSSR count). The van der Waals surface area contributed by atoms with Crippen molar-refractivity contribution in [1.29, 1.82) is 0 Å². The van der Waals surface area contributed by atoms with Crippen molar-refractivity contribution in [2.45, 2.75) is 13.1 Å². The second kappa shape index (κ2) is 6.69. The Hall–Kier alpha value is -1.92. The van der Waals surface area contributed by atoms with Gasteiger partial charge in [-0.1, -0.05) is 28.1 Å². The summed E-state index contributed by atoms with van der Waals surface area (Å²) in [7, 11) is 1.96. The van der Waals surface area contributed by atoms with Gasteiger partial charge in [0.1, 0.15) is 0 Å². The number of rotatable bonds is 5. The minimum absolute atomic E-state index is 0.0649. The van der Waals surface area contributed by atoms with Crippen molar-refractivity contribution in [2.75, 3.05) is 12.8 Å². The Morgan fingerprint density at radius 2 is 2.00 bits per heavy atom. The Morgan fingerprint density at radius 1 is 1.24 bits per heavy atom. The van der Waals surface area contributed by atoms with Gasteiger partial charge in [-0.3, -0.25) is 15.0 Å². The van der Waals surface area contributed by atoms with Gasteiger partial charge in [-0.15, -0.1) is 0 Å². The van der Waals surface area contributed by atoms with Crippen LogP contribution < -0.4 is 5.73 Å². The minimum atomic E-state index is -0.406. The highest BCUT2D eigenvalue weighted by molar-refractivity contribution is 9.10. The van der Waals surface area contributed by atoms with Crippen LogP contribution >= 0.6 is 15.9 Å². The number of nitro benzene ring substituents is 1. The summed E-state index contributed by atoms with van der Waals surface area (Å²) in [5.74, 6) is 0. The normalized spacial score (nSPS) is 10.8. The van der Waals surface area contributed by atoms with E-state index >= 15 is 0 Å². The molecule has 0 aliphatic heterocycles. The maximum Gasteiger partial charge on any atom is 0.269 e. The minimum Gasteiger partial charge on any atom is -0.398 e. The Labute approximate surface area is 131 Å². The number of nitro groups is 1. The van der Waals surface area contributed by atoms with E-state index in [0.29, 0.717) is 12.2 Å². The number of benzene rings is 2. The van der Waals surface area contributed by atoms with Gasteiger partial charge < -0.3 is 5.73 Å². The van der Waals surface area contributed by atoms with Crippen molar-refractivity contribution < 1.29 is 4.92 Å². The summed E-state index contributed by atoms with van der Waals surface area (Å²) in [5.41, 5.74) is 8.46. The first kappa shape index (κ1) is 15.5. The van der Waals surface area contributed by atoms with Gasteiger partial charge in [0.05, 0.1) is 4.92 Å². The molecule has 21 heavy (non-hydrogen) atoms. The largest absolute Gasteiger partial charge is 0.398 e. The van der Waals surface area contributed by atoms with Crippen LogP contribution in [0.1, 0.15) is 11.1 Å². The van der Waals surface area contributed by atoms with E-state index in [4.69, 9.17) is 5.73 Å². The molecule has 0 radical (unpaired) electrons. The molecule has 110 valence electrons. The zero-order valence-corrected chi connectivity index (χ0v) is 13.2. The Bertz CT molecular complexity index is 661. The van der Waals surface area contributed by atoms with Gasteiger partial charge >= 0.3 is 0 Å². The van der Waals surface area contributed by atoms with Crippen molar-refractivity contribution in [3.63, 3.8) is 0 Å². The van der Waals surface area contributed by atoms with E-state index in [1.54, 1.807) is 6.07 Å². The van der Waals surface area contributed by atoms with E-state index in [9.17, 15) is 10.1 Å². The first-order chi connectivity index (χ1) is 9.95. The van der Waals surface area contributed by atoms with Gasteiger partial charge in [-0.25, -0.2) is 0 Å². The second-order valence-corrected chi connectivity index (χ2v) is 5.86. The summed E-state index contributed by atoms with van der Waals surface area (Å²) in [6.07, 6.45) is 0. The molecule has 0 fully saturated rings. The highest BCUT2D eigenvalue weighted by Gasteiger charge is 2.11. The number of nitrogens with two attached hydrogens (primary N) is 1. The maximum absolute atomic E-state index is 10.8. The van der Waals surface area contributed by atoms with Crippen LogP contribution in [0.4, 0.5) is 11.4 Å². The molecule has 2 aromatic rings. The molecule has 2 N–H and O–H groups in total. The SMILES string of the molecule is CN(Cc1cccc(Br)c1)Cc1cc([N+](=O)[O-])ccc1N. The number of hydrogen-bond acceptors (Lipinski definition) is 4. The molecule has 0 bridgehead atoms. The van der Waals surface area contributed by atoms with Crippen LogP contribution in [0.15, 0.2) is 46.9 Å². The van der Waals surface area contributed by atoms with Gasteiger partial charge in [-0.2, -0.15) is 0 Å². The third kappa shape index (κ3) is 4.27. The van der Waals surface area contributed by atoms with Crippen molar-refractivity contribution >= 4 is 27.3 Å². The first-order valence-corrected chi connectivity index (χ1v) is 7.21. The number of nitrogens with zero attached hydrogens (tertiary/aromatic N) is 2. The van der Waals surface area contributed by atoms with E-state index in [1.165, 1.54) is 12.1 Å². The molecule has 0 aliphatic rings. The lowest BCUT2D eigenvalue weighted by Gasteiger charge is -2.18. The molecule has 0 heterocycles. The molecular weight excluding hydrogens is 334 g/mol. The van der Waals surface area contributed by atoms with E-state index in [1.807, 2.05) is 31.3 Å². The van der Waals surface area contributed by atoms with Crippen molar-refractivity contribution in [2.24, 2.45) is 0 Å². The summed E-state index contributed by atoms with van der Waals surface area (Å²) in [5, 5.41) is 10.8. The van der Waals surface area contributed by atoms with Crippen LogP contribution in [0.5, 0.6) is 0 Å². The lowest BCUT2D eigenvalue weighted by molar-refractivity contribution is -0.384. The molecule has 5 nitrogen and oxygen atoms in total. The van der Waals surface area contributed by atoms with Crippen molar-refractivity contribution in [3.05, 3.63) is 68.2 Å². The fraction of sp³-hybridized carbons (Fsp3) is 0.200. The number of hydrogen-bond donors (Lipinski definition) is 1. The number of halogens is 1. The molecule has 0 aliphatic carbocycles. The van der Waals surface area contributed by atoms with Crippen LogP contribution in [0.3, 0.4) is 0 Å². The van der Waals surface area contributed by atoms with Gasteiger partial charge in [0.15, 0.2) is 0 Å². The van der Waals surface area contributed by atoms with E-state index < -0.39 is 4.92 Å². The summed E-state index contributed by atoms with van der Waals surface area (Å²) >= 11 is 3.44. The van der Waals surface area contributed by atoms with Gasteiger partial charge in [0, 0.05) is 35.4 Å². The molecule has 0 spiro atoms. The third-order valence-corrected chi connectivity index (χ3v) is 3.61. The van der Waals surface area contributed by atoms with Crippen LogP contribution in [0, 0.1) is 10.1 Å². The standard InChI is InChI=1S/C15H16BrN3O2/c1-18(9-11-3-2-4-13(16)7-11)10-12-8-14(19(20)21)5-6-15(12)17/h2-8H,9-10,17H2,1H3. The van der Waals surface area contributed by atoms with Crippen LogP contribution in [0.25, 0.3) is 0 Å². The van der Waals surface area contributed by atoms with Gasteiger partial charge in [0.2, 0.25) is 0 Å². The molecule has 0 amide bonds. The Morgan fingerprint density at radius 3 is 2.67 bits per heavy atom. The molecule has 2 aromatic carbocycles. The average molecular weight is 350 g/mol. The van der Waals surface area contributed by atoms with E-state index in [-0.39, 0.29) is 5.69 Å². The average Bonchev–Trinajstić information content (AvgIpc) is 2.41. The quantitative estimate of drug-likeness (QED) is 0.508. The predicted octanol–water partition coefficient (Wildman–Crippen LogP) is 3.57. The zero-order chi connectivity index (χ0) is 15.4. The fourth-order valence-electron chi connectivity index (χ4n) is 2.14. The Balaban J connectivity index is 2.10. The molecular formula is C15H16BrN3O2. The number of non-ortho nitro benzene ring substituents is 1. The highest BCUT2D eigenvalue weighted by atomic mass is 79.9. The summed E-state index contributed by atoms with van der Waals surface area (Å²) in [4.78, 5) is 12.5. The van der Waals surface area contributed by atoms with Crippen LogP contribution in [-0.4, -0.2) is 16.9 Å². The third-order valence-electron chi connectivity index (χ3n) is 3.12.